The maximum atomic E-state index is 10.7. The Labute approximate surface area is 192 Å². The Morgan fingerprint density at radius 3 is 2.59 bits per heavy atom. The van der Waals surface area contributed by atoms with Crippen molar-refractivity contribution in [3.8, 4) is 6.07 Å². The molecular weight excluding hydrogens is 400 g/mol. The lowest BCUT2D eigenvalue weighted by Gasteiger charge is -2.37. The molecular formula is C26H36N4O2. The number of nitrogens with zero attached hydrogens (tertiary/aromatic N) is 1. The molecule has 1 aromatic rings. The van der Waals surface area contributed by atoms with Gasteiger partial charge in [-0.1, -0.05) is 25.0 Å². The topological polar surface area (TPSA) is 112 Å². The van der Waals surface area contributed by atoms with E-state index in [-0.39, 0.29) is 12.0 Å². The van der Waals surface area contributed by atoms with E-state index in [1.54, 1.807) is 20.3 Å². The van der Waals surface area contributed by atoms with Gasteiger partial charge in [0.25, 0.3) is 0 Å². The van der Waals surface area contributed by atoms with Crippen molar-refractivity contribution in [2.45, 2.75) is 57.9 Å². The van der Waals surface area contributed by atoms with Gasteiger partial charge >= 0.3 is 0 Å². The standard InChI is InChI=1S/C24H30N4O.C2H6O/c1-16-14-19(10-9-18(16)15-25)28-24(17-6-2-3-7-17)21-11-12-22(26)20(23(21)27)8-4-5-13-29;1-3-2/h4,8-10,13-14,17,21,24,27-28H,2-3,5-7,11-12,26H2,1H3;1-2H3/b8-4-,27-23?;. The normalized spacial score (nSPS) is 19.9. The fourth-order valence-electron chi connectivity index (χ4n) is 4.69. The number of anilines is 1. The molecule has 172 valence electrons. The van der Waals surface area contributed by atoms with E-state index in [9.17, 15) is 10.1 Å². The molecule has 0 spiro atoms. The Hall–Kier alpha value is -2.91. The zero-order chi connectivity index (χ0) is 23.5. The molecule has 1 aromatic carbocycles. The first-order valence-electron chi connectivity index (χ1n) is 11.3. The van der Waals surface area contributed by atoms with Gasteiger partial charge in [0.05, 0.1) is 11.6 Å². The van der Waals surface area contributed by atoms with Gasteiger partial charge in [-0.2, -0.15) is 5.26 Å². The van der Waals surface area contributed by atoms with Crippen LogP contribution in [0, 0.1) is 35.5 Å². The first-order chi connectivity index (χ1) is 15.5. The summed E-state index contributed by atoms with van der Waals surface area (Å²) < 4.78 is 4.25. The zero-order valence-electron chi connectivity index (χ0n) is 19.5. The second kappa shape index (κ2) is 12.8. The molecule has 0 amide bonds. The third-order valence-corrected chi connectivity index (χ3v) is 6.27. The molecule has 0 heterocycles. The van der Waals surface area contributed by atoms with Crippen LogP contribution in [0.25, 0.3) is 0 Å². The van der Waals surface area contributed by atoms with Crippen molar-refractivity contribution < 1.29 is 9.53 Å². The molecule has 32 heavy (non-hydrogen) atoms. The van der Waals surface area contributed by atoms with Crippen LogP contribution in [0.15, 0.2) is 41.6 Å². The van der Waals surface area contributed by atoms with E-state index in [4.69, 9.17) is 11.1 Å². The van der Waals surface area contributed by atoms with E-state index in [2.05, 4.69) is 16.1 Å². The summed E-state index contributed by atoms with van der Waals surface area (Å²) in [6, 6.07) is 8.25. The number of hydrogen-bond donors (Lipinski definition) is 3. The Bertz CT molecular complexity index is 892. The summed E-state index contributed by atoms with van der Waals surface area (Å²) in [5.41, 5.74) is 11.0. The summed E-state index contributed by atoms with van der Waals surface area (Å²) in [5.74, 6) is 0.605. The van der Waals surface area contributed by atoms with Crippen molar-refractivity contribution >= 4 is 17.7 Å². The first-order valence-corrected chi connectivity index (χ1v) is 11.3. The minimum absolute atomic E-state index is 0.0808. The van der Waals surface area contributed by atoms with Gasteiger partial charge < -0.3 is 26.0 Å². The van der Waals surface area contributed by atoms with Crippen molar-refractivity contribution in [1.82, 2.24) is 0 Å². The minimum atomic E-state index is 0.0808. The van der Waals surface area contributed by atoms with Crippen molar-refractivity contribution in [2.24, 2.45) is 17.6 Å². The van der Waals surface area contributed by atoms with Crippen LogP contribution in [0.4, 0.5) is 5.69 Å². The van der Waals surface area contributed by atoms with E-state index in [1.807, 2.05) is 31.2 Å². The SMILES string of the molecule is COC.Cc1cc(NC(C2CCCC2)C2CCC(N)=C(/C=C\CC=O)C2=N)ccc1C#N. The Balaban J connectivity index is 0.00000114. The first kappa shape index (κ1) is 25.4. The Morgan fingerprint density at radius 1 is 1.31 bits per heavy atom. The summed E-state index contributed by atoms with van der Waals surface area (Å²) >= 11 is 0. The van der Waals surface area contributed by atoms with E-state index >= 15 is 0 Å². The van der Waals surface area contributed by atoms with E-state index in [0.717, 1.165) is 41.6 Å². The third kappa shape index (κ3) is 6.54. The van der Waals surface area contributed by atoms with Crippen LogP contribution in [0.2, 0.25) is 0 Å². The second-order valence-electron chi connectivity index (χ2n) is 8.57. The summed E-state index contributed by atoms with van der Waals surface area (Å²) in [4.78, 5) is 10.7. The molecule has 0 aromatic heterocycles. The molecule has 1 saturated carbocycles. The van der Waals surface area contributed by atoms with Crippen LogP contribution >= 0.6 is 0 Å². The number of methoxy groups -OCH3 is 1. The molecule has 6 heteroatoms. The van der Waals surface area contributed by atoms with E-state index < -0.39 is 0 Å². The third-order valence-electron chi connectivity index (χ3n) is 6.27. The monoisotopic (exact) mass is 436 g/mol. The lowest BCUT2D eigenvalue weighted by atomic mass is 9.75. The fourth-order valence-corrected chi connectivity index (χ4v) is 4.69. The van der Waals surface area contributed by atoms with Gasteiger partial charge in [0.2, 0.25) is 0 Å². The Kier molecular flexibility index (Phi) is 10.2. The number of aryl methyl sites for hydroxylation is 1. The largest absolute Gasteiger partial charge is 0.402 e. The maximum absolute atomic E-state index is 10.7. The van der Waals surface area contributed by atoms with Crippen molar-refractivity contribution in [1.29, 1.82) is 10.7 Å². The highest BCUT2D eigenvalue weighted by Gasteiger charge is 2.36. The molecule has 2 unspecified atom stereocenters. The number of aldehydes is 1. The van der Waals surface area contributed by atoms with Crippen LogP contribution in [0.1, 0.15) is 56.1 Å². The lowest BCUT2D eigenvalue weighted by Crippen LogP contribution is -2.42. The summed E-state index contributed by atoms with van der Waals surface area (Å²) in [7, 11) is 3.25. The molecule has 2 aliphatic rings. The predicted molar refractivity (Wildman–Crippen MR) is 130 cm³/mol. The van der Waals surface area contributed by atoms with Gasteiger partial charge in [0.1, 0.15) is 6.29 Å². The molecule has 2 atom stereocenters. The van der Waals surface area contributed by atoms with E-state index in [0.29, 0.717) is 23.6 Å². The zero-order valence-corrected chi connectivity index (χ0v) is 19.5. The van der Waals surface area contributed by atoms with Crippen LogP contribution in [-0.2, 0) is 9.53 Å². The molecule has 0 saturated heterocycles. The summed E-state index contributed by atoms with van der Waals surface area (Å²) in [6.07, 6.45) is 11.3. The summed E-state index contributed by atoms with van der Waals surface area (Å²) in [6.45, 7) is 1.95. The highest BCUT2D eigenvalue weighted by Crippen LogP contribution is 2.38. The average Bonchev–Trinajstić information content (AvgIpc) is 3.30. The number of carbonyl (C=O) groups excluding carboxylic acids is 1. The number of nitriles is 1. The Morgan fingerprint density at radius 2 is 2.00 bits per heavy atom. The number of carbonyl (C=O) groups is 1. The molecule has 3 rings (SSSR count). The number of allylic oxidation sites excluding steroid dienone is 4. The van der Waals surface area contributed by atoms with Crippen molar-refractivity contribution in [3.63, 3.8) is 0 Å². The smallest absolute Gasteiger partial charge is 0.123 e. The van der Waals surface area contributed by atoms with Gasteiger partial charge in [-0.05, 0) is 62.3 Å². The number of nitrogens with two attached hydrogens (primary N) is 1. The molecule has 0 aliphatic heterocycles. The van der Waals surface area contributed by atoms with Crippen molar-refractivity contribution in [3.05, 3.63) is 52.7 Å². The lowest BCUT2D eigenvalue weighted by molar-refractivity contribution is -0.107. The molecule has 0 radical (unpaired) electrons. The van der Waals surface area contributed by atoms with Crippen LogP contribution < -0.4 is 11.1 Å². The number of ether oxygens (including phenoxy) is 1. The fraction of sp³-hybridized carbons (Fsp3) is 0.500. The van der Waals surface area contributed by atoms with Gasteiger partial charge in [0, 0.05) is 55.3 Å². The average molecular weight is 437 g/mol. The van der Waals surface area contributed by atoms with Crippen LogP contribution in [0.3, 0.4) is 0 Å². The van der Waals surface area contributed by atoms with Gasteiger partial charge in [0.15, 0.2) is 0 Å². The van der Waals surface area contributed by atoms with Crippen LogP contribution in [-0.4, -0.2) is 32.3 Å². The number of rotatable bonds is 7. The molecule has 1 fully saturated rings. The quantitative estimate of drug-likeness (QED) is 0.527. The number of nitrogens with one attached hydrogen (secondary N) is 2. The van der Waals surface area contributed by atoms with Crippen LogP contribution in [0.5, 0.6) is 0 Å². The van der Waals surface area contributed by atoms with E-state index in [1.165, 1.54) is 25.7 Å². The predicted octanol–water partition coefficient (Wildman–Crippen LogP) is 4.89. The van der Waals surface area contributed by atoms with Gasteiger partial charge in [-0.25, -0.2) is 0 Å². The van der Waals surface area contributed by atoms with Gasteiger partial charge in [-0.15, -0.1) is 0 Å². The van der Waals surface area contributed by atoms with Crippen molar-refractivity contribution in [2.75, 3.05) is 19.5 Å². The number of benzene rings is 1. The minimum Gasteiger partial charge on any atom is -0.402 e. The molecule has 4 N–H and O–H groups in total. The molecule has 6 nitrogen and oxygen atoms in total. The highest BCUT2D eigenvalue weighted by atomic mass is 16.4. The second-order valence-corrected chi connectivity index (χ2v) is 8.57. The summed E-state index contributed by atoms with van der Waals surface area (Å²) in [5, 5.41) is 21.8. The number of hydrogen-bond acceptors (Lipinski definition) is 6. The highest BCUT2D eigenvalue weighted by molar-refractivity contribution is 6.04. The molecule has 2 aliphatic carbocycles. The van der Waals surface area contributed by atoms with Gasteiger partial charge in [-0.3, -0.25) is 0 Å². The molecule has 0 bridgehead atoms. The maximum Gasteiger partial charge on any atom is 0.123 e.